The second-order valence-electron chi connectivity index (χ2n) is 7.21. The molecule has 0 bridgehead atoms. The van der Waals surface area contributed by atoms with Crippen molar-refractivity contribution >= 4 is 5.82 Å². The fourth-order valence-corrected chi connectivity index (χ4v) is 3.43. The van der Waals surface area contributed by atoms with Gasteiger partial charge in [0.1, 0.15) is 5.82 Å². The summed E-state index contributed by atoms with van der Waals surface area (Å²) in [6.07, 6.45) is 7.56. The highest BCUT2D eigenvalue weighted by atomic mass is 16.1. The molecule has 0 aromatic carbocycles. The summed E-state index contributed by atoms with van der Waals surface area (Å²) in [5.74, 6) is 1.71. The van der Waals surface area contributed by atoms with Crippen LogP contribution in [0.1, 0.15) is 37.3 Å². The molecule has 3 heterocycles. The van der Waals surface area contributed by atoms with Crippen LogP contribution in [0.15, 0.2) is 34.4 Å². The van der Waals surface area contributed by atoms with E-state index in [1.54, 1.807) is 36.4 Å². The Morgan fingerprint density at radius 3 is 2.40 bits per heavy atom. The number of rotatable bonds is 4. The predicted octanol–water partition coefficient (Wildman–Crippen LogP) is 1.13. The summed E-state index contributed by atoms with van der Waals surface area (Å²) >= 11 is 0. The van der Waals surface area contributed by atoms with Crippen LogP contribution < -0.4 is 16.0 Å². The van der Waals surface area contributed by atoms with Crippen molar-refractivity contribution in [1.82, 2.24) is 19.1 Å². The Morgan fingerprint density at radius 1 is 1.00 bits per heavy atom. The highest BCUT2D eigenvalue weighted by molar-refractivity contribution is 5.37. The maximum absolute atomic E-state index is 12.3. The number of hydrogen-bond donors (Lipinski definition) is 0. The van der Waals surface area contributed by atoms with E-state index in [-0.39, 0.29) is 11.1 Å². The number of aryl methyl sites for hydroxylation is 1. The monoisotopic (exact) mass is 341 g/mol. The average Bonchev–Trinajstić information content (AvgIpc) is 3.45. The van der Waals surface area contributed by atoms with Gasteiger partial charge in [0.05, 0.1) is 18.3 Å². The SMILES string of the molecule is Cn1cnc(N2CCC(Cn3cnc(C4CC4)cc3=O)CC2)cc1=O. The maximum atomic E-state index is 12.3. The Hall–Kier alpha value is -2.44. The first-order chi connectivity index (χ1) is 12.1. The molecule has 0 amide bonds. The van der Waals surface area contributed by atoms with Crippen molar-refractivity contribution in [3.8, 4) is 0 Å². The molecule has 2 fully saturated rings. The number of piperidine rings is 1. The van der Waals surface area contributed by atoms with Crippen LogP contribution in [-0.4, -0.2) is 32.2 Å². The summed E-state index contributed by atoms with van der Waals surface area (Å²) in [6, 6.07) is 3.29. The van der Waals surface area contributed by atoms with E-state index in [1.807, 2.05) is 0 Å². The van der Waals surface area contributed by atoms with Crippen molar-refractivity contribution in [2.45, 2.75) is 38.1 Å². The molecule has 7 heteroatoms. The number of anilines is 1. The lowest BCUT2D eigenvalue weighted by atomic mass is 9.96. The molecule has 2 aromatic heterocycles. The van der Waals surface area contributed by atoms with Crippen LogP contribution in [0.3, 0.4) is 0 Å². The van der Waals surface area contributed by atoms with Crippen molar-refractivity contribution in [3.63, 3.8) is 0 Å². The number of aromatic nitrogens is 4. The molecule has 0 radical (unpaired) electrons. The van der Waals surface area contributed by atoms with E-state index in [0.29, 0.717) is 18.4 Å². The molecule has 0 atom stereocenters. The molecule has 1 saturated heterocycles. The predicted molar refractivity (Wildman–Crippen MR) is 94.9 cm³/mol. The van der Waals surface area contributed by atoms with Gasteiger partial charge in [-0.3, -0.25) is 14.2 Å². The fourth-order valence-electron chi connectivity index (χ4n) is 3.43. The molecule has 1 aliphatic carbocycles. The van der Waals surface area contributed by atoms with Crippen LogP contribution in [0.25, 0.3) is 0 Å². The summed E-state index contributed by atoms with van der Waals surface area (Å²) in [7, 11) is 1.70. The molecule has 0 spiro atoms. The summed E-state index contributed by atoms with van der Waals surface area (Å²) in [6.45, 7) is 2.43. The van der Waals surface area contributed by atoms with Crippen LogP contribution >= 0.6 is 0 Å². The van der Waals surface area contributed by atoms with Gasteiger partial charge in [0.2, 0.25) is 0 Å². The highest BCUT2D eigenvalue weighted by Gasteiger charge is 2.26. The van der Waals surface area contributed by atoms with Crippen molar-refractivity contribution in [3.05, 3.63) is 51.2 Å². The van der Waals surface area contributed by atoms with Crippen molar-refractivity contribution in [1.29, 1.82) is 0 Å². The number of nitrogens with zero attached hydrogens (tertiary/aromatic N) is 5. The van der Waals surface area contributed by atoms with Gasteiger partial charge < -0.3 is 9.47 Å². The topological polar surface area (TPSA) is 73.0 Å². The summed E-state index contributed by atoms with van der Waals surface area (Å²) in [5.41, 5.74) is 0.973. The van der Waals surface area contributed by atoms with Gasteiger partial charge in [0.15, 0.2) is 0 Å². The molecular formula is C18H23N5O2. The molecule has 4 rings (SSSR count). The van der Waals surface area contributed by atoms with Crippen LogP contribution in [0.2, 0.25) is 0 Å². The third-order valence-corrected chi connectivity index (χ3v) is 5.25. The average molecular weight is 341 g/mol. The normalized spacial score (nSPS) is 18.5. The zero-order valence-electron chi connectivity index (χ0n) is 14.5. The second kappa shape index (κ2) is 6.46. The van der Waals surface area contributed by atoms with E-state index >= 15 is 0 Å². The highest BCUT2D eigenvalue weighted by Crippen LogP contribution is 2.38. The van der Waals surface area contributed by atoms with E-state index in [1.165, 1.54) is 4.57 Å². The van der Waals surface area contributed by atoms with E-state index in [0.717, 1.165) is 50.3 Å². The van der Waals surface area contributed by atoms with E-state index < -0.39 is 0 Å². The second-order valence-corrected chi connectivity index (χ2v) is 7.21. The van der Waals surface area contributed by atoms with E-state index in [2.05, 4.69) is 14.9 Å². The van der Waals surface area contributed by atoms with Crippen molar-refractivity contribution in [2.24, 2.45) is 13.0 Å². The van der Waals surface area contributed by atoms with Gasteiger partial charge >= 0.3 is 0 Å². The van der Waals surface area contributed by atoms with Crippen molar-refractivity contribution < 1.29 is 0 Å². The molecule has 0 unspecified atom stereocenters. The molecule has 25 heavy (non-hydrogen) atoms. The van der Waals surface area contributed by atoms with Crippen molar-refractivity contribution in [2.75, 3.05) is 18.0 Å². The first kappa shape index (κ1) is 16.1. The fraction of sp³-hybridized carbons (Fsp3) is 0.556. The Balaban J connectivity index is 1.38. The minimum atomic E-state index is -0.0412. The van der Waals surface area contributed by atoms with Gasteiger partial charge in [-0.15, -0.1) is 0 Å². The molecular weight excluding hydrogens is 318 g/mol. The molecule has 2 aromatic rings. The maximum Gasteiger partial charge on any atom is 0.255 e. The molecule has 0 N–H and O–H groups in total. The van der Waals surface area contributed by atoms with E-state index in [9.17, 15) is 9.59 Å². The summed E-state index contributed by atoms with van der Waals surface area (Å²) < 4.78 is 3.21. The Bertz CT molecular complexity index is 876. The zero-order valence-corrected chi connectivity index (χ0v) is 14.5. The molecule has 132 valence electrons. The Labute approximate surface area is 146 Å². The lowest BCUT2D eigenvalue weighted by Crippen LogP contribution is -2.37. The van der Waals surface area contributed by atoms with Crippen LogP contribution in [0.4, 0.5) is 5.82 Å². The van der Waals surface area contributed by atoms with Gasteiger partial charge in [0, 0.05) is 44.7 Å². The van der Waals surface area contributed by atoms with Crippen LogP contribution in [0.5, 0.6) is 0 Å². The molecule has 7 nitrogen and oxygen atoms in total. The molecule has 1 saturated carbocycles. The largest absolute Gasteiger partial charge is 0.356 e. The van der Waals surface area contributed by atoms with Gasteiger partial charge in [-0.1, -0.05) is 0 Å². The lowest BCUT2D eigenvalue weighted by Gasteiger charge is -2.32. The van der Waals surface area contributed by atoms with Gasteiger partial charge in [-0.05, 0) is 31.6 Å². The summed E-state index contributed by atoms with van der Waals surface area (Å²) in [4.78, 5) is 35.0. The van der Waals surface area contributed by atoms with Gasteiger partial charge in [-0.25, -0.2) is 9.97 Å². The van der Waals surface area contributed by atoms with Gasteiger partial charge in [-0.2, -0.15) is 0 Å². The minimum absolute atomic E-state index is 0.0412. The quantitative estimate of drug-likeness (QED) is 0.833. The van der Waals surface area contributed by atoms with Gasteiger partial charge in [0.25, 0.3) is 11.1 Å². The minimum Gasteiger partial charge on any atom is -0.356 e. The Kier molecular flexibility index (Phi) is 4.15. The standard InChI is InChI=1S/C18H23N5O2/c1-21-11-20-16(9-17(21)24)22-6-4-13(5-7-22)10-23-12-19-15(8-18(23)25)14-2-3-14/h8-9,11-14H,2-7,10H2,1H3. The number of hydrogen-bond acceptors (Lipinski definition) is 5. The zero-order chi connectivity index (χ0) is 17.4. The van der Waals surface area contributed by atoms with Crippen LogP contribution in [-0.2, 0) is 13.6 Å². The molecule has 2 aliphatic rings. The van der Waals surface area contributed by atoms with E-state index in [4.69, 9.17) is 0 Å². The summed E-state index contributed by atoms with van der Waals surface area (Å²) in [5, 5.41) is 0. The third kappa shape index (κ3) is 3.50. The Morgan fingerprint density at radius 2 is 1.76 bits per heavy atom. The molecule has 1 aliphatic heterocycles. The third-order valence-electron chi connectivity index (χ3n) is 5.25. The first-order valence-electron chi connectivity index (χ1n) is 8.94. The first-order valence-corrected chi connectivity index (χ1v) is 8.94. The van der Waals surface area contributed by atoms with Crippen LogP contribution in [0, 0.1) is 5.92 Å². The smallest absolute Gasteiger partial charge is 0.255 e. The lowest BCUT2D eigenvalue weighted by molar-refractivity contribution is 0.349.